The van der Waals surface area contributed by atoms with Crippen LogP contribution in [0.4, 0.5) is 5.69 Å². The van der Waals surface area contributed by atoms with Crippen molar-refractivity contribution in [3.63, 3.8) is 0 Å². The number of aromatic nitrogens is 6. The summed E-state index contributed by atoms with van der Waals surface area (Å²) in [6, 6.07) is 11.2. The van der Waals surface area contributed by atoms with Crippen LogP contribution in [0, 0.1) is 6.92 Å². The van der Waals surface area contributed by atoms with Gasteiger partial charge in [-0.1, -0.05) is 36.7 Å². The van der Waals surface area contributed by atoms with Crippen LogP contribution < -0.4 is 5.73 Å². The molecule has 14 heteroatoms. The molecule has 6 aromatic rings. The third-order valence-electron chi connectivity index (χ3n) is 7.71. The minimum Gasteiger partial charge on any atom is -0.462 e. The van der Waals surface area contributed by atoms with E-state index >= 15 is 0 Å². The SMILES string of the molecule is CCOC(=O)c1c(CC)nn2ccc(Br)cc12.CCOC(=O)c1c(CC)nn2ccc(C)cc12.CCOC(=O)c1c(CC)nn2ccc(N)cc12. The Morgan fingerprint density at radius 1 is 0.608 bits per heavy atom. The molecule has 13 nitrogen and oxygen atoms in total. The Morgan fingerprint density at radius 2 is 0.980 bits per heavy atom. The van der Waals surface area contributed by atoms with Crippen molar-refractivity contribution < 1.29 is 28.6 Å². The van der Waals surface area contributed by atoms with Crippen LogP contribution in [-0.4, -0.2) is 66.6 Å². The molecular weight excluding hydrogens is 718 g/mol. The maximum absolute atomic E-state index is 11.9. The number of fused-ring (bicyclic) bond motifs is 3. The number of nitrogen functional groups attached to an aromatic ring is 1. The van der Waals surface area contributed by atoms with Gasteiger partial charge in [0.05, 0.1) is 53.5 Å². The zero-order valence-electron chi connectivity index (χ0n) is 30.0. The molecular formula is C37H44BrN7O6. The largest absolute Gasteiger partial charge is 0.462 e. The highest BCUT2D eigenvalue weighted by molar-refractivity contribution is 9.10. The van der Waals surface area contributed by atoms with Crippen molar-refractivity contribution in [2.24, 2.45) is 0 Å². The number of nitrogens with two attached hydrogens (primary N) is 1. The van der Waals surface area contributed by atoms with Crippen LogP contribution in [0.1, 0.15) is 95.3 Å². The number of nitrogens with zero attached hydrogens (tertiary/aromatic N) is 6. The van der Waals surface area contributed by atoms with Gasteiger partial charge in [0.1, 0.15) is 16.7 Å². The lowest BCUT2D eigenvalue weighted by Crippen LogP contribution is -2.06. The van der Waals surface area contributed by atoms with E-state index in [4.69, 9.17) is 19.9 Å². The molecule has 51 heavy (non-hydrogen) atoms. The average molecular weight is 763 g/mol. The lowest BCUT2D eigenvalue weighted by Gasteiger charge is -2.02. The molecule has 0 atom stereocenters. The molecule has 270 valence electrons. The summed E-state index contributed by atoms with van der Waals surface area (Å²) in [4.78, 5) is 35.7. The summed E-state index contributed by atoms with van der Waals surface area (Å²) in [5.41, 5.74) is 13.7. The van der Waals surface area contributed by atoms with Gasteiger partial charge in [0, 0.05) is 28.8 Å². The lowest BCUT2D eigenvalue weighted by molar-refractivity contribution is 0.0517. The maximum Gasteiger partial charge on any atom is 0.342 e. The van der Waals surface area contributed by atoms with Crippen LogP contribution in [0.15, 0.2) is 59.5 Å². The van der Waals surface area contributed by atoms with Gasteiger partial charge >= 0.3 is 17.9 Å². The molecule has 0 spiro atoms. The van der Waals surface area contributed by atoms with Crippen molar-refractivity contribution in [2.45, 2.75) is 67.7 Å². The summed E-state index contributed by atoms with van der Waals surface area (Å²) in [6.07, 6.45) is 7.53. The molecule has 0 radical (unpaired) electrons. The van der Waals surface area contributed by atoms with E-state index in [-0.39, 0.29) is 17.9 Å². The summed E-state index contributed by atoms with van der Waals surface area (Å²) in [5.74, 6) is -0.938. The fourth-order valence-electron chi connectivity index (χ4n) is 5.40. The average Bonchev–Trinajstić information content (AvgIpc) is 3.79. The molecule has 0 fully saturated rings. The van der Waals surface area contributed by atoms with Gasteiger partial charge in [-0.05, 0) is 88.9 Å². The number of ether oxygens (including phenoxy) is 3. The van der Waals surface area contributed by atoms with E-state index in [9.17, 15) is 14.4 Å². The number of carbonyl (C=O) groups excluding carboxylic acids is 3. The normalized spacial score (nSPS) is 10.7. The summed E-state index contributed by atoms with van der Waals surface area (Å²) < 4.78 is 21.2. The number of hydrogen-bond donors (Lipinski definition) is 1. The summed E-state index contributed by atoms with van der Waals surface area (Å²) in [7, 11) is 0. The second-order valence-electron chi connectivity index (χ2n) is 11.2. The topological polar surface area (TPSA) is 157 Å². The van der Waals surface area contributed by atoms with Gasteiger partial charge in [0.2, 0.25) is 0 Å². The Hall–Kier alpha value is -5.24. The molecule has 0 aromatic carbocycles. The van der Waals surface area contributed by atoms with Crippen molar-refractivity contribution in [1.82, 2.24) is 28.8 Å². The summed E-state index contributed by atoms with van der Waals surface area (Å²) in [5, 5.41) is 13.1. The fraction of sp³-hybridized carbons (Fsp3) is 0.351. The van der Waals surface area contributed by atoms with Gasteiger partial charge in [0.25, 0.3) is 0 Å². The molecule has 6 aromatic heterocycles. The highest BCUT2D eigenvalue weighted by Crippen LogP contribution is 2.22. The first-order valence-corrected chi connectivity index (χ1v) is 17.7. The van der Waals surface area contributed by atoms with Gasteiger partial charge in [-0.3, -0.25) is 0 Å². The van der Waals surface area contributed by atoms with E-state index in [1.807, 2.05) is 64.4 Å². The Balaban J connectivity index is 0.000000172. The molecule has 2 N–H and O–H groups in total. The number of carbonyl (C=O) groups is 3. The van der Waals surface area contributed by atoms with Gasteiger partial charge in [-0.15, -0.1) is 0 Å². The third kappa shape index (κ3) is 8.74. The maximum atomic E-state index is 11.9. The number of hydrogen-bond acceptors (Lipinski definition) is 10. The number of pyridine rings is 3. The van der Waals surface area contributed by atoms with Gasteiger partial charge in [0.15, 0.2) is 0 Å². The van der Waals surface area contributed by atoms with Crippen LogP contribution >= 0.6 is 15.9 Å². The Morgan fingerprint density at radius 3 is 1.39 bits per heavy atom. The van der Waals surface area contributed by atoms with Crippen molar-refractivity contribution in [2.75, 3.05) is 25.6 Å². The minimum atomic E-state index is -0.343. The second-order valence-corrected chi connectivity index (χ2v) is 12.1. The molecule has 0 saturated heterocycles. The van der Waals surface area contributed by atoms with Gasteiger partial charge in [-0.25, -0.2) is 27.9 Å². The predicted octanol–water partition coefficient (Wildman–Crippen LogP) is 6.87. The molecule has 6 rings (SSSR count). The molecule has 0 aliphatic rings. The molecule has 0 aliphatic carbocycles. The minimum absolute atomic E-state index is 0.287. The zero-order valence-corrected chi connectivity index (χ0v) is 31.6. The highest BCUT2D eigenvalue weighted by atomic mass is 79.9. The second kappa shape index (κ2) is 17.6. The Labute approximate surface area is 304 Å². The molecule has 0 unspecified atom stereocenters. The zero-order chi connectivity index (χ0) is 37.2. The monoisotopic (exact) mass is 761 g/mol. The van der Waals surface area contributed by atoms with Crippen molar-refractivity contribution in [3.8, 4) is 0 Å². The number of anilines is 1. The fourth-order valence-corrected chi connectivity index (χ4v) is 5.73. The van der Waals surface area contributed by atoms with E-state index < -0.39 is 0 Å². The Bertz CT molecular complexity index is 1930. The molecule has 0 saturated carbocycles. The third-order valence-corrected chi connectivity index (χ3v) is 8.20. The van der Waals surface area contributed by atoms with Crippen LogP contribution in [0.3, 0.4) is 0 Å². The van der Waals surface area contributed by atoms with Gasteiger partial charge in [-0.2, -0.15) is 15.3 Å². The van der Waals surface area contributed by atoms with Crippen molar-refractivity contribution >= 4 is 56.1 Å². The summed E-state index contributed by atoms with van der Waals surface area (Å²) in [6.45, 7) is 14.4. The predicted molar refractivity (Wildman–Crippen MR) is 198 cm³/mol. The quantitative estimate of drug-likeness (QED) is 0.122. The van der Waals surface area contributed by atoms with Crippen LogP contribution in [0.2, 0.25) is 0 Å². The Kier molecular flexibility index (Phi) is 13.3. The van der Waals surface area contributed by atoms with E-state index in [1.54, 1.807) is 52.6 Å². The number of halogens is 1. The number of esters is 3. The van der Waals surface area contributed by atoms with Gasteiger partial charge < -0.3 is 19.9 Å². The lowest BCUT2D eigenvalue weighted by atomic mass is 10.1. The van der Waals surface area contributed by atoms with Crippen molar-refractivity contribution in [3.05, 3.63) is 98.8 Å². The first kappa shape index (κ1) is 38.6. The summed E-state index contributed by atoms with van der Waals surface area (Å²) >= 11 is 3.39. The molecule has 0 aliphatic heterocycles. The highest BCUT2D eigenvalue weighted by Gasteiger charge is 2.22. The van der Waals surface area contributed by atoms with E-state index in [0.717, 1.165) is 44.6 Å². The van der Waals surface area contributed by atoms with E-state index in [0.29, 0.717) is 60.6 Å². The van der Waals surface area contributed by atoms with E-state index in [1.165, 1.54) is 0 Å². The van der Waals surface area contributed by atoms with Crippen LogP contribution in [-0.2, 0) is 33.5 Å². The number of aryl methyl sites for hydroxylation is 4. The van der Waals surface area contributed by atoms with E-state index in [2.05, 4.69) is 31.2 Å². The van der Waals surface area contributed by atoms with Crippen LogP contribution in [0.25, 0.3) is 16.6 Å². The van der Waals surface area contributed by atoms with Crippen LogP contribution in [0.5, 0.6) is 0 Å². The first-order valence-electron chi connectivity index (χ1n) is 16.9. The standard InChI is InChI=1S/C13H16N2O2.C12H13BrN2O2.C12H15N3O2/c1-4-10-12(13(16)17-5-2)11-8-9(3)6-7-15(11)14-10;2*1-3-9-11(12(16)17-4-2)10-7-8(13)5-6-15(10)14-9/h6-8H,4-5H2,1-3H3;5-7H,3-4H2,1-2H3;5-7H,3-4,13H2,1-2H3. The van der Waals surface area contributed by atoms with Crippen molar-refractivity contribution in [1.29, 1.82) is 0 Å². The number of rotatable bonds is 9. The molecule has 0 bridgehead atoms. The molecule has 0 amide bonds. The molecule has 6 heterocycles. The smallest absolute Gasteiger partial charge is 0.342 e. The first-order chi connectivity index (χ1) is 24.5.